The van der Waals surface area contributed by atoms with Crippen molar-refractivity contribution in [2.45, 2.75) is 105 Å². The van der Waals surface area contributed by atoms with Crippen molar-refractivity contribution in [1.82, 2.24) is 0 Å². The van der Waals surface area contributed by atoms with Crippen LogP contribution in [-0.4, -0.2) is 0 Å². The van der Waals surface area contributed by atoms with E-state index >= 15 is 0 Å². The summed E-state index contributed by atoms with van der Waals surface area (Å²) in [7, 11) is 0. The Balaban J connectivity index is 2.64. The molecule has 0 heteroatoms. The quantitative estimate of drug-likeness (QED) is 0.389. The van der Waals surface area contributed by atoms with Gasteiger partial charge in [-0.2, -0.15) is 0 Å². The summed E-state index contributed by atoms with van der Waals surface area (Å²) in [5.74, 6) is 6.99. The van der Waals surface area contributed by atoms with Crippen LogP contribution in [0.3, 0.4) is 0 Å². The van der Waals surface area contributed by atoms with E-state index in [1.54, 1.807) is 0 Å². The highest BCUT2D eigenvalue weighted by Crippen LogP contribution is 2.31. The van der Waals surface area contributed by atoms with Crippen LogP contribution < -0.4 is 0 Å². The van der Waals surface area contributed by atoms with Crippen molar-refractivity contribution in [3.8, 4) is 11.8 Å². The van der Waals surface area contributed by atoms with E-state index in [9.17, 15) is 0 Å². The van der Waals surface area contributed by atoms with E-state index in [1.165, 1.54) is 22.3 Å². The van der Waals surface area contributed by atoms with Crippen LogP contribution in [0.2, 0.25) is 0 Å². The van der Waals surface area contributed by atoms with E-state index < -0.39 is 0 Å². The molecule has 2 aromatic rings. The van der Waals surface area contributed by atoms with Crippen LogP contribution in [0.25, 0.3) is 0 Å². The molecule has 0 aliphatic rings. The standard InChI is InChI=1S/C30H42/c1-27(2,3)23-15-21(16-24(19-23)28(4,5)6)13-14-22-17-25(29(7,8)9)20-26(18-22)30(10,11)12/h15-20H,1-12H3. The van der Waals surface area contributed by atoms with Crippen molar-refractivity contribution in [2.75, 3.05) is 0 Å². The smallest absolute Gasteiger partial charge is 0.0254 e. The van der Waals surface area contributed by atoms with Crippen LogP contribution in [-0.2, 0) is 21.7 Å². The molecule has 0 fully saturated rings. The van der Waals surface area contributed by atoms with Gasteiger partial charge < -0.3 is 0 Å². The lowest BCUT2D eigenvalue weighted by atomic mass is 9.79. The second kappa shape index (κ2) is 7.92. The van der Waals surface area contributed by atoms with Crippen molar-refractivity contribution < 1.29 is 0 Å². The maximum absolute atomic E-state index is 3.49. The van der Waals surface area contributed by atoms with Gasteiger partial charge >= 0.3 is 0 Å². The Kier molecular flexibility index (Phi) is 6.41. The molecule has 2 rings (SSSR count). The fourth-order valence-corrected chi connectivity index (χ4v) is 3.28. The Morgan fingerprint density at radius 3 is 0.733 bits per heavy atom. The first kappa shape index (κ1) is 24.3. The fourth-order valence-electron chi connectivity index (χ4n) is 3.28. The Morgan fingerprint density at radius 1 is 0.367 bits per heavy atom. The molecule has 0 bridgehead atoms. The van der Waals surface area contributed by atoms with Crippen LogP contribution in [0, 0.1) is 11.8 Å². The van der Waals surface area contributed by atoms with Gasteiger partial charge in [0.2, 0.25) is 0 Å². The summed E-state index contributed by atoms with van der Waals surface area (Å²) in [5.41, 5.74) is 7.99. The molecule has 0 aliphatic carbocycles. The van der Waals surface area contributed by atoms with Crippen LogP contribution >= 0.6 is 0 Å². The first-order valence-corrected chi connectivity index (χ1v) is 11.2. The van der Waals surface area contributed by atoms with Crippen LogP contribution in [0.4, 0.5) is 0 Å². The van der Waals surface area contributed by atoms with E-state index in [1.807, 2.05) is 0 Å². The molecule has 0 saturated heterocycles. The molecule has 2 aromatic carbocycles. The third-order valence-electron chi connectivity index (χ3n) is 5.68. The maximum atomic E-state index is 3.49. The zero-order chi connectivity index (χ0) is 23.1. The third-order valence-corrected chi connectivity index (χ3v) is 5.68. The molecule has 162 valence electrons. The number of hydrogen-bond acceptors (Lipinski definition) is 0. The predicted molar refractivity (Wildman–Crippen MR) is 134 cm³/mol. The summed E-state index contributed by atoms with van der Waals surface area (Å²) in [4.78, 5) is 0. The number of rotatable bonds is 0. The summed E-state index contributed by atoms with van der Waals surface area (Å²) in [6.45, 7) is 27.3. The highest BCUT2D eigenvalue weighted by molar-refractivity contribution is 5.50. The molecule has 30 heavy (non-hydrogen) atoms. The fraction of sp³-hybridized carbons (Fsp3) is 0.533. The molecule has 0 aromatic heterocycles. The van der Waals surface area contributed by atoms with Gasteiger partial charge in [0.15, 0.2) is 0 Å². The van der Waals surface area contributed by atoms with E-state index in [4.69, 9.17) is 0 Å². The van der Waals surface area contributed by atoms with Gasteiger partial charge in [0.25, 0.3) is 0 Å². The molecule has 0 radical (unpaired) electrons. The SMILES string of the molecule is CC(C)(C)c1cc(C#Cc2cc(C(C)(C)C)cc(C(C)(C)C)c2)cc(C(C)(C)C)c1. The van der Waals surface area contributed by atoms with Gasteiger partial charge in [-0.1, -0.05) is 107 Å². The average Bonchev–Trinajstić information content (AvgIpc) is 2.56. The number of hydrogen-bond donors (Lipinski definition) is 0. The predicted octanol–water partition coefficient (Wildman–Crippen LogP) is 8.28. The van der Waals surface area contributed by atoms with Crippen molar-refractivity contribution >= 4 is 0 Å². The van der Waals surface area contributed by atoms with Crippen molar-refractivity contribution in [3.05, 3.63) is 69.8 Å². The first-order chi connectivity index (χ1) is 13.4. The summed E-state index contributed by atoms with van der Waals surface area (Å²) >= 11 is 0. The van der Waals surface area contributed by atoms with Gasteiger partial charge in [-0.25, -0.2) is 0 Å². The van der Waals surface area contributed by atoms with E-state index in [0.717, 1.165) is 11.1 Å². The van der Waals surface area contributed by atoms with E-state index in [0.29, 0.717) is 0 Å². The second-order valence-corrected chi connectivity index (χ2v) is 12.8. The first-order valence-electron chi connectivity index (χ1n) is 11.2. The lowest BCUT2D eigenvalue weighted by molar-refractivity contribution is 0.567. The average molecular weight is 403 g/mol. The van der Waals surface area contributed by atoms with E-state index in [2.05, 4.69) is 131 Å². The minimum Gasteiger partial charge on any atom is -0.0616 e. The van der Waals surface area contributed by atoms with Crippen LogP contribution in [0.5, 0.6) is 0 Å². The zero-order valence-electron chi connectivity index (χ0n) is 21.5. The van der Waals surface area contributed by atoms with Gasteiger partial charge in [-0.3, -0.25) is 0 Å². The maximum Gasteiger partial charge on any atom is 0.0254 e. The summed E-state index contributed by atoms with van der Waals surface area (Å²) in [5, 5.41) is 0. The molecular weight excluding hydrogens is 360 g/mol. The molecule has 0 saturated carbocycles. The Hall–Kier alpha value is -2.00. The molecular formula is C30H42. The third kappa shape index (κ3) is 6.25. The van der Waals surface area contributed by atoms with Crippen molar-refractivity contribution in [3.63, 3.8) is 0 Å². The largest absolute Gasteiger partial charge is 0.0616 e. The van der Waals surface area contributed by atoms with Crippen molar-refractivity contribution in [1.29, 1.82) is 0 Å². The molecule has 0 nitrogen and oxygen atoms in total. The summed E-state index contributed by atoms with van der Waals surface area (Å²) in [6.07, 6.45) is 0. The molecule has 0 heterocycles. The molecule has 0 N–H and O–H groups in total. The highest BCUT2D eigenvalue weighted by Gasteiger charge is 2.21. The van der Waals surface area contributed by atoms with Crippen LogP contribution in [0.1, 0.15) is 116 Å². The van der Waals surface area contributed by atoms with Crippen molar-refractivity contribution in [2.24, 2.45) is 0 Å². The second-order valence-electron chi connectivity index (χ2n) is 12.8. The van der Waals surface area contributed by atoms with E-state index in [-0.39, 0.29) is 21.7 Å². The monoisotopic (exact) mass is 402 g/mol. The minimum absolute atomic E-state index is 0.100. The van der Waals surface area contributed by atoms with Gasteiger partial charge in [0.1, 0.15) is 0 Å². The minimum atomic E-state index is 0.100. The topological polar surface area (TPSA) is 0 Å². The number of benzene rings is 2. The molecule has 0 spiro atoms. The molecule has 0 amide bonds. The molecule has 0 aliphatic heterocycles. The van der Waals surface area contributed by atoms with Crippen LogP contribution in [0.15, 0.2) is 36.4 Å². The lowest BCUT2D eigenvalue weighted by Gasteiger charge is -2.25. The summed E-state index contributed by atoms with van der Waals surface area (Å²) < 4.78 is 0. The van der Waals surface area contributed by atoms with Gasteiger partial charge in [-0.15, -0.1) is 0 Å². The normalized spacial score (nSPS) is 13.1. The molecule has 0 atom stereocenters. The summed E-state index contributed by atoms with van der Waals surface area (Å²) in [6, 6.07) is 13.8. The highest BCUT2D eigenvalue weighted by atomic mass is 14.3. The Bertz CT molecular complexity index is 818. The van der Waals surface area contributed by atoms with Gasteiger partial charge in [0.05, 0.1) is 0 Å². The van der Waals surface area contributed by atoms with Gasteiger partial charge in [0, 0.05) is 11.1 Å². The van der Waals surface area contributed by atoms with Gasteiger partial charge in [-0.05, 0) is 68.2 Å². The lowest BCUT2D eigenvalue weighted by Crippen LogP contribution is -2.17. The zero-order valence-corrected chi connectivity index (χ0v) is 21.5. The Labute approximate surface area is 186 Å². The Morgan fingerprint density at radius 2 is 0.567 bits per heavy atom. The molecule has 0 unspecified atom stereocenters.